The van der Waals surface area contributed by atoms with E-state index in [9.17, 15) is 4.79 Å². The van der Waals surface area contributed by atoms with E-state index in [-0.39, 0.29) is 0 Å². The van der Waals surface area contributed by atoms with Gasteiger partial charge in [-0.3, -0.25) is 9.69 Å². The van der Waals surface area contributed by atoms with Crippen LogP contribution in [-0.4, -0.2) is 30.3 Å². The first-order valence-corrected chi connectivity index (χ1v) is 5.03. The van der Waals surface area contributed by atoms with E-state index in [1.807, 2.05) is 0 Å². The molecule has 2 heteroatoms. The van der Waals surface area contributed by atoms with Crippen LogP contribution in [-0.2, 0) is 4.79 Å². The molecule has 2 nitrogen and oxygen atoms in total. The minimum atomic E-state index is 0.427. The molecule has 0 aromatic heterocycles. The van der Waals surface area contributed by atoms with Crippen molar-refractivity contribution in [1.29, 1.82) is 0 Å². The van der Waals surface area contributed by atoms with Crippen LogP contribution in [0.4, 0.5) is 0 Å². The number of hydrogen-bond donors (Lipinski definition) is 0. The van der Waals surface area contributed by atoms with Gasteiger partial charge in [-0.05, 0) is 32.4 Å². The molecule has 70 valence electrons. The molecule has 0 heterocycles. The molecule has 0 aliphatic heterocycles. The van der Waals surface area contributed by atoms with E-state index in [0.29, 0.717) is 18.2 Å². The molecule has 0 amide bonds. The van der Waals surface area contributed by atoms with Gasteiger partial charge < -0.3 is 0 Å². The summed E-state index contributed by atoms with van der Waals surface area (Å²) in [6.45, 7) is 7.04. The van der Waals surface area contributed by atoms with Crippen molar-refractivity contribution in [3.05, 3.63) is 0 Å². The smallest absolute Gasteiger partial charge is 0.149 e. The van der Waals surface area contributed by atoms with Gasteiger partial charge in [0.1, 0.15) is 5.78 Å². The molecule has 1 saturated carbocycles. The van der Waals surface area contributed by atoms with Crippen molar-refractivity contribution in [1.82, 2.24) is 4.90 Å². The molecule has 0 bridgehead atoms. The summed E-state index contributed by atoms with van der Waals surface area (Å²) in [5, 5.41) is 0. The van der Waals surface area contributed by atoms with Gasteiger partial charge in [0.2, 0.25) is 0 Å². The number of nitrogens with zero attached hydrogens (tertiary/aromatic N) is 1. The Labute approximate surface area is 74.9 Å². The predicted molar refractivity (Wildman–Crippen MR) is 50.1 cm³/mol. The SMILES string of the molecule is CCCN(CC)CC(=O)C1CC1. The number of hydrogen-bond acceptors (Lipinski definition) is 2. The van der Waals surface area contributed by atoms with Crippen LogP contribution in [0.25, 0.3) is 0 Å². The summed E-state index contributed by atoms with van der Waals surface area (Å²) in [5.41, 5.74) is 0. The Morgan fingerprint density at radius 3 is 2.50 bits per heavy atom. The van der Waals surface area contributed by atoms with Crippen LogP contribution in [0.1, 0.15) is 33.1 Å². The Morgan fingerprint density at radius 2 is 2.08 bits per heavy atom. The fraction of sp³-hybridized carbons (Fsp3) is 0.900. The number of rotatable bonds is 6. The molecule has 0 spiro atoms. The first-order valence-electron chi connectivity index (χ1n) is 5.03. The molecule has 0 unspecified atom stereocenters. The van der Waals surface area contributed by atoms with Crippen LogP contribution in [0.2, 0.25) is 0 Å². The quantitative estimate of drug-likeness (QED) is 0.603. The van der Waals surface area contributed by atoms with Crippen LogP contribution in [0.3, 0.4) is 0 Å². The van der Waals surface area contributed by atoms with Gasteiger partial charge in [-0.15, -0.1) is 0 Å². The van der Waals surface area contributed by atoms with Gasteiger partial charge in [-0.1, -0.05) is 13.8 Å². The summed E-state index contributed by atoms with van der Waals surface area (Å²) < 4.78 is 0. The van der Waals surface area contributed by atoms with Crippen molar-refractivity contribution >= 4 is 5.78 Å². The molecule has 1 rings (SSSR count). The van der Waals surface area contributed by atoms with Gasteiger partial charge in [-0.25, -0.2) is 0 Å². The highest BCUT2D eigenvalue weighted by molar-refractivity contribution is 5.84. The summed E-state index contributed by atoms with van der Waals surface area (Å²) in [7, 11) is 0. The lowest BCUT2D eigenvalue weighted by Gasteiger charge is -2.17. The van der Waals surface area contributed by atoms with Crippen molar-refractivity contribution in [3.63, 3.8) is 0 Å². The van der Waals surface area contributed by atoms with Gasteiger partial charge in [0.25, 0.3) is 0 Å². The number of likely N-dealkylation sites (N-methyl/N-ethyl adjacent to an activating group) is 1. The second-order valence-corrected chi connectivity index (χ2v) is 3.61. The van der Waals surface area contributed by atoms with Crippen LogP contribution in [0.15, 0.2) is 0 Å². The Morgan fingerprint density at radius 1 is 1.42 bits per heavy atom. The van der Waals surface area contributed by atoms with Crippen LogP contribution >= 0.6 is 0 Å². The van der Waals surface area contributed by atoms with E-state index in [1.165, 1.54) is 0 Å². The molecule has 12 heavy (non-hydrogen) atoms. The monoisotopic (exact) mass is 169 g/mol. The van der Waals surface area contributed by atoms with Crippen molar-refractivity contribution in [2.75, 3.05) is 19.6 Å². The Balaban J connectivity index is 2.20. The predicted octanol–water partition coefficient (Wildman–Crippen LogP) is 1.70. The molecule has 0 saturated heterocycles. The number of carbonyl (C=O) groups excluding carboxylic acids is 1. The minimum Gasteiger partial charge on any atom is -0.298 e. The van der Waals surface area contributed by atoms with E-state index >= 15 is 0 Å². The summed E-state index contributed by atoms with van der Waals surface area (Å²) >= 11 is 0. The lowest BCUT2D eigenvalue weighted by atomic mass is 10.2. The number of Topliss-reactive ketones (excluding diaryl/α,β-unsaturated/α-hetero) is 1. The van der Waals surface area contributed by atoms with Gasteiger partial charge in [0.05, 0.1) is 6.54 Å². The fourth-order valence-corrected chi connectivity index (χ4v) is 1.42. The maximum Gasteiger partial charge on any atom is 0.149 e. The average Bonchev–Trinajstić information content (AvgIpc) is 2.85. The third-order valence-electron chi connectivity index (χ3n) is 2.40. The molecular weight excluding hydrogens is 150 g/mol. The lowest BCUT2D eigenvalue weighted by Crippen LogP contribution is -2.31. The first-order chi connectivity index (χ1) is 5.77. The normalized spacial score (nSPS) is 16.9. The highest BCUT2D eigenvalue weighted by Gasteiger charge is 2.29. The Bertz CT molecular complexity index is 152. The van der Waals surface area contributed by atoms with E-state index in [0.717, 1.165) is 32.4 Å². The molecule has 1 aliphatic rings. The third kappa shape index (κ3) is 2.94. The molecule has 0 N–H and O–H groups in total. The minimum absolute atomic E-state index is 0.427. The zero-order valence-electron chi connectivity index (χ0n) is 8.18. The summed E-state index contributed by atoms with van der Waals surface area (Å²) in [4.78, 5) is 13.6. The maximum absolute atomic E-state index is 11.4. The van der Waals surface area contributed by atoms with Crippen molar-refractivity contribution in [2.24, 2.45) is 5.92 Å². The van der Waals surface area contributed by atoms with Gasteiger partial charge in [0, 0.05) is 5.92 Å². The summed E-state index contributed by atoms with van der Waals surface area (Å²) in [6.07, 6.45) is 3.43. The average molecular weight is 169 g/mol. The molecule has 0 atom stereocenters. The molecule has 0 aromatic rings. The van der Waals surface area contributed by atoms with Crippen molar-refractivity contribution in [2.45, 2.75) is 33.1 Å². The topological polar surface area (TPSA) is 20.3 Å². The highest BCUT2D eigenvalue weighted by atomic mass is 16.1. The van der Waals surface area contributed by atoms with E-state index in [4.69, 9.17) is 0 Å². The highest BCUT2D eigenvalue weighted by Crippen LogP contribution is 2.29. The fourth-order valence-electron chi connectivity index (χ4n) is 1.42. The van der Waals surface area contributed by atoms with Gasteiger partial charge in [-0.2, -0.15) is 0 Å². The zero-order chi connectivity index (χ0) is 8.97. The lowest BCUT2D eigenvalue weighted by molar-refractivity contribution is -0.121. The standard InChI is InChI=1S/C10H19NO/c1-3-7-11(4-2)8-10(12)9-5-6-9/h9H,3-8H2,1-2H3. The molecule has 0 aromatic carbocycles. The molecule has 1 aliphatic carbocycles. The van der Waals surface area contributed by atoms with E-state index in [1.54, 1.807) is 0 Å². The van der Waals surface area contributed by atoms with Crippen molar-refractivity contribution < 1.29 is 4.79 Å². The molecular formula is C10H19NO. The van der Waals surface area contributed by atoms with Gasteiger partial charge >= 0.3 is 0 Å². The number of ketones is 1. The second-order valence-electron chi connectivity index (χ2n) is 3.61. The maximum atomic E-state index is 11.4. The molecule has 1 fully saturated rings. The van der Waals surface area contributed by atoms with Crippen molar-refractivity contribution in [3.8, 4) is 0 Å². The second kappa shape index (κ2) is 4.61. The zero-order valence-corrected chi connectivity index (χ0v) is 8.18. The van der Waals surface area contributed by atoms with Crippen LogP contribution in [0, 0.1) is 5.92 Å². The van der Waals surface area contributed by atoms with Crippen LogP contribution < -0.4 is 0 Å². The van der Waals surface area contributed by atoms with Crippen LogP contribution in [0.5, 0.6) is 0 Å². The number of carbonyl (C=O) groups is 1. The Kier molecular flexibility index (Phi) is 3.73. The Hall–Kier alpha value is -0.370. The summed E-state index contributed by atoms with van der Waals surface area (Å²) in [5.74, 6) is 0.890. The largest absolute Gasteiger partial charge is 0.298 e. The third-order valence-corrected chi connectivity index (χ3v) is 2.40. The molecule has 0 radical (unpaired) electrons. The first kappa shape index (κ1) is 9.72. The van der Waals surface area contributed by atoms with E-state index in [2.05, 4.69) is 18.7 Å². The van der Waals surface area contributed by atoms with E-state index < -0.39 is 0 Å². The van der Waals surface area contributed by atoms with Gasteiger partial charge in [0.15, 0.2) is 0 Å². The summed E-state index contributed by atoms with van der Waals surface area (Å²) in [6, 6.07) is 0.